The summed E-state index contributed by atoms with van der Waals surface area (Å²) >= 11 is 0. The van der Waals surface area contributed by atoms with Crippen LogP contribution in [-0.4, -0.2) is 86.8 Å². The Morgan fingerprint density at radius 3 is 2.29 bits per heavy atom. The van der Waals surface area contributed by atoms with Gasteiger partial charge in [0.15, 0.2) is 17.6 Å². The largest absolute Gasteiger partial charge is 0.486 e. The lowest BCUT2D eigenvalue weighted by atomic mass is 10.2. The van der Waals surface area contributed by atoms with Crippen LogP contribution in [0.25, 0.3) is 0 Å². The molecule has 0 bridgehead atoms. The second-order valence-corrected chi connectivity index (χ2v) is 10.3. The number of likely N-dealkylation sites (N-methyl/N-ethyl adjacent to an activating group) is 1. The number of carbonyl (C=O) groups is 2. The van der Waals surface area contributed by atoms with Crippen molar-refractivity contribution in [3.63, 3.8) is 0 Å². The van der Waals surface area contributed by atoms with Crippen molar-refractivity contribution in [2.75, 3.05) is 46.4 Å². The Morgan fingerprint density at radius 1 is 0.941 bits per heavy atom. The molecule has 1 fully saturated rings. The van der Waals surface area contributed by atoms with E-state index in [9.17, 15) is 18.0 Å². The summed E-state index contributed by atoms with van der Waals surface area (Å²) in [5.74, 6) is 1.05. The van der Waals surface area contributed by atoms with Crippen molar-refractivity contribution in [1.29, 1.82) is 0 Å². The lowest BCUT2D eigenvalue weighted by Crippen LogP contribution is -2.50. The summed E-state index contributed by atoms with van der Waals surface area (Å²) in [7, 11) is -1.88. The fourth-order valence-electron chi connectivity index (χ4n) is 4.04. The molecular formula is C24H29N3O6S. The predicted molar refractivity (Wildman–Crippen MR) is 125 cm³/mol. The highest BCUT2D eigenvalue weighted by Gasteiger charge is 2.30. The van der Waals surface area contributed by atoms with Gasteiger partial charge in [-0.3, -0.25) is 9.59 Å². The predicted octanol–water partition coefficient (Wildman–Crippen LogP) is 1.60. The summed E-state index contributed by atoms with van der Waals surface area (Å²) in [6.45, 7) is 1.79. The Balaban J connectivity index is 1.21. The van der Waals surface area contributed by atoms with Crippen LogP contribution in [0.2, 0.25) is 0 Å². The summed E-state index contributed by atoms with van der Waals surface area (Å²) in [5.41, 5.74) is 0. The monoisotopic (exact) mass is 487 g/mol. The number of nitrogens with zero attached hydrogens (tertiary/aromatic N) is 3. The number of para-hydroxylation sites is 2. The van der Waals surface area contributed by atoms with E-state index in [4.69, 9.17) is 9.47 Å². The van der Waals surface area contributed by atoms with E-state index in [-0.39, 0.29) is 48.7 Å². The molecule has 0 saturated carbocycles. The summed E-state index contributed by atoms with van der Waals surface area (Å²) in [5, 5.41) is 0. The van der Waals surface area contributed by atoms with Gasteiger partial charge < -0.3 is 19.3 Å². The third kappa shape index (κ3) is 5.51. The summed E-state index contributed by atoms with van der Waals surface area (Å²) in [6, 6.07) is 15.7. The molecule has 2 aliphatic rings. The SMILES string of the molecule is CN(C[C@H]1COc2ccccc2O1)C(=O)CCC(=O)N1CCN(S(=O)(=O)c2ccccc2)CC1. The van der Waals surface area contributed by atoms with Crippen LogP contribution < -0.4 is 9.47 Å². The first-order valence-electron chi connectivity index (χ1n) is 11.3. The molecule has 2 aliphatic heterocycles. The normalized spacial score (nSPS) is 18.4. The number of piperazine rings is 1. The van der Waals surface area contributed by atoms with Crippen molar-refractivity contribution in [1.82, 2.24) is 14.1 Å². The molecule has 9 nitrogen and oxygen atoms in total. The molecule has 2 aromatic rings. The first kappa shape index (κ1) is 24.0. The van der Waals surface area contributed by atoms with E-state index in [1.54, 1.807) is 47.2 Å². The number of hydrogen-bond acceptors (Lipinski definition) is 6. The highest BCUT2D eigenvalue weighted by Crippen LogP contribution is 2.31. The molecule has 182 valence electrons. The summed E-state index contributed by atoms with van der Waals surface area (Å²) in [6.07, 6.45) is -0.110. The number of carbonyl (C=O) groups excluding carboxylic acids is 2. The number of rotatable bonds is 7. The molecule has 2 amide bonds. The smallest absolute Gasteiger partial charge is 0.243 e. The van der Waals surface area contributed by atoms with Crippen molar-refractivity contribution in [2.24, 2.45) is 0 Å². The zero-order chi connectivity index (χ0) is 24.1. The van der Waals surface area contributed by atoms with Crippen molar-refractivity contribution < 1.29 is 27.5 Å². The highest BCUT2D eigenvalue weighted by molar-refractivity contribution is 7.89. The third-order valence-corrected chi connectivity index (χ3v) is 7.91. The van der Waals surface area contributed by atoms with Crippen LogP contribution >= 0.6 is 0 Å². The first-order valence-corrected chi connectivity index (χ1v) is 12.7. The van der Waals surface area contributed by atoms with Gasteiger partial charge in [-0.25, -0.2) is 8.42 Å². The van der Waals surface area contributed by atoms with E-state index in [0.717, 1.165) is 0 Å². The minimum Gasteiger partial charge on any atom is -0.486 e. The van der Waals surface area contributed by atoms with Gasteiger partial charge in [-0.1, -0.05) is 30.3 Å². The molecule has 4 rings (SSSR count). The molecule has 0 unspecified atom stereocenters. The molecule has 0 aromatic heterocycles. The van der Waals surface area contributed by atoms with Crippen molar-refractivity contribution in [3.05, 3.63) is 54.6 Å². The van der Waals surface area contributed by atoms with E-state index in [1.807, 2.05) is 24.3 Å². The number of fused-ring (bicyclic) bond motifs is 1. The second kappa shape index (κ2) is 10.4. The number of hydrogen-bond donors (Lipinski definition) is 0. The van der Waals surface area contributed by atoms with Crippen LogP contribution in [0.3, 0.4) is 0 Å². The Kier molecular flexibility index (Phi) is 7.38. The summed E-state index contributed by atoms with van der Waals surface area (Å²) in [4.78, 5) is 28.6. The molecule has 1 atom stereocenters. The molecule has 0 spiro atoms. The number of ether oxygens (including phenoxy) is 2. The van der Waals surface area contributed by atoms with E-state index in [2.05, 4.69) is 0 Å². The number of benzene rings is 2. The van der Waals surface area contributed by atoms with Gasteiger partial charge in [0.2, 0.25) is 21.8 Å². The number of sulfonamides is 1. The zero-order valence-electron chi connectivity index (χ0n) is 19.1. The topological polar surface area (TPSA) is 96.5 Å². The molecule has 0 N–H and O–H groups in total. The molecular weight excluding hydrogens is 458 g/mol. The van der Waals surface area contributed by atoms with Gasteiger partial charge >= 0.3 is 0 Å². The molecule has 0 radical (unpaired) electrons. The van der Waals surface area contributed by atoms with Crippen LogP contribution in [0.15, 0.2) is 59.5 Å². The Morgan fingerprint density at radius 2 is 1.59 bits per heavy atom. The maximum absolute atomic E-state index is 12.7. The van der Waals surface area contributed by atoms with Crippen molar-refractivity contribution in [2.45, 2.75) is 23.8 Å². The van der Waals surface area contributed by atoms with Gasteiger partial charge in [-0.2, -0.15) is 4.31 Å². The lowest BCUT2D eigenvalue weighted by Gasteiger charge is -2.34. The molecule has 1 saturated heterocycles. The van der Waals surface area contributed by atoms with E-state index >= 15 is 0 Å². The molecule has 2 aromatic carbocycles. The molecule has 34 heavy (non-hydrogen) atoms. The van der Waals surface area contributed by atoms with Gasteiger partial charge in [0.1, 0.15) is 6.61 Å². The van der Waals surface area contributed by atoms with Gasteiger partial charge in [0, 0.05) is 46.1 Å². The van der Waals surface area contributed by atoms with Gasteiger partial charge in [0.05, 0.1) is 11.4 Å². The zero-order valence-corrected chi connectivity index (χ0v) is 19.9. The minimum absolute atomic E-state index is 0.0828. The Hall–Kier alpha value is -3.11. The van der Waals surface area contributed by atoms with Crippen LogP contribution in [-0.2, 0) is 19.6 Å². The van der Waals surface area contributed by atoms with E-state index < -0.39 is 10.0 Å². The average Bonchev–Trinajstić information content (AvgIpc) is 2.87. The van der Waals surface area contributed by atoms with Gasteiger partial charge in [0.25, 0.3) is 0 Å². The van der Waals surface area contributed by atoms with Crippen molar-refractivity contribution >= 4 is 21.8 Å². The highest BCUT2D eigenvalue weighted by atomic mass is 32.2. The first-order chi connectivity index (χ1) is 16.3. The quantitative estimate of drug-likeness (QED) is 0.589. The fraction of sp³-hybridized carbons (Fsp3) is 0.417. The lowest BCUT2D eigenvalue weighted by molar-refractivity contribution is -0.137. The third-order valence-electron chi connectivity index (χ3n) is 6.00. The molecule has 2 heterocycles. The standard InChI is InChI=1S/C24H29N3O6S/c1-25(17-19-18-32-21-9-5-6-10-22(21)33-19)23(28)11-12-24(29)26-13-15-27(16-14-26)34(30,31)20-7-3-2-4-8-20/h2-10,19H,11-18H2,1H3/t19-/m0/s1. The van der Waals surface area contributed by atoms with Gasteiger partial charge in [-0.05, 0) is 24.3 Å². The minimum atomic E-state index is -3.57. The summed E-state index contributed by atoms with van der Waals surface area (Å²) < 4.78 is 38.5. The van der Waals surface area contributed by atoms with Crippen LogP contribution in [0.4, 0.5) is 0 Å². The maximum atomic E-state index is 12.7. The molecule has 10 heteroatoms. The number of amides is 2. The molecule has 0 aliphatic carbocycles. The van der Waals surface area contributed by atoms with Crippen LogP contribution in [0, 0.1) is 0 Å². The van der Waals surface area contributed by atoms with E-state index in [1.165, 1.54) is 4.31 Å². The van der Waals surface area contributed by atoms with Crippen LogP contribution in [0.1, 0.15) is 12.8 Å². The van der Waals surface area contributed by atoms with Crippen LogP contribution in [0.5, 0.6) is 11.5 Å². The second-order valence-electron chi connectivity index (χ2n) is 8.37. The fourth-order valence-corrected chi connectivity index (χ4v) is 5.49. The maximum Gasteiger partial charge on any atom is 0.243 e. The van der Waals surface area contributed by atoms with E-state index in [0.29, 0.717) is 37.7 Å². The van der Waals surface area contributed by atoms with Gasteiger partial charge in [-0.15, -0.1) is 0 Å². The average molecular weight is 488 g/mol. The Bertz CT molecular complexity index is 1120. The van der Waals surface area contributed by atoms with Crippen molar-refractivity contribution in [3.8, 4) is 11.5 Å². The Labute approximate surface area is 199 Å².